The predicted molar refractivity (Wildman–Crippen MR) is 193 cm³/mol. The number of rotatable bonds is 16. The molecule has 16 heteroatoms. The molecule has 0 radical (unpaired) electrons. The van der Waals surface area contributed by atoms with Gasteiger partial charge in [-0.1, -0.05) is 79.6 Å². The largest absolute Gasteiger partial charge is 0.463 e. The van der Waals surface area contributed by atoms with E-state index in [1.165, 1.54) is 0 Å². The van der Waals surface area contributed by atoms with Crippen molar-refractivity contribution in [3.8, 4) is 0 Å². The molecule has 0 aliphatic carbocycles. The van der Waals surface area contributed by atoms with Crippen LogP contribution >= 0.6 is 79.6 Å². The van der Waals surface area contributed by atoms with E-state index in [1.807, 2.05) is 0 Å². The van der Waals surface area contributed by atoms with Crippen LogP contribution in [-0.2, 0) is 52.4 Å². The summed E-state index contributed by atoms with van der Waals surface area (Å²) < 4.78 is 31.7. The van der Waals surface area contributed by atoms with Gasteiger partial charge < -0.3 is 28.4 Å². The van der Waals surface area contributed by atoms with Gasteiger partial charge in [0.25, 0.3) is 0 Å². The lowest BCUT2D eigenvalue weighted by Gasteiger charge is -2.44. The summed E-state index contributed by atoms with van der Waals surface area (Å²) in [5.74, 6) is -3.49. The van der Waals surface area contributed by atoms with Crippen molar-refractivity contribution < 1.29 is 52.4 Å². The summed E-state index contributed by atoms with van der Waals surface area (Å²) >= 11 is 17.1. The molecule has 272 valence electrons. The van der Waals surface area contributed by atoms with Crippen LogP contribution in [0.5, 0.6) is 0 Å². The van der Waals surface area contributed by atoms with Gasteiger partial charge in [-0.15, -0.1) is 0 Å². The minimum Gasteiger partial charge on any atom is -0.463 e. The fraction of sp³-hybridized carbons (Fsp3) is 0.839. The van der Waals surface area contributed by atoms with Crippen LogP contribution in [0, 0.1) is 0 Å². The van der Waals surface area contributed by atoms with Gasteiger partial charge in [0.05, 0.1) is 32.1 Å². The Morgan fingerprint density at radius 2 is 0.766 bits per heavy atom. The summed E-state index contributed by atoms with van der Waals surface area (Å²) in [6.07, 6.45) is -7.94. The molecule has 0 spiro atoms. The van der Waals surface area contributed by atoms with Crippen molar-refractivity contribution in [2.75, 3.05) is 6.61 Å². The second-order valence-electron chi connectivity index (χ2n) is 14.6. The predicted octanol–water partition coefficient (Wildman–Crippen LogP) is 7.35. The molecule has 1 fully saturated rings. The Labute approximate surface area is 320 Å². The third-order valence-electron chi connectivity index (χ3n) is 5.87. The molecule has 1 aliphatic rings. The Bertz CT molecular complexity index is 1110. The number of halogens is 5. The van der Waals surface area contributed by atoms with Crippen molar-refractivity contribution in [3.05, 3.63) is 0 Å². The van der Waals surface area contributed by atoms with E-state index in [1.54, 1.807) is 69.2 Å². The van der Waals surface area contributed by atoms with Gasteiger partial charge in [-0.25, -0.2) is 0 Å². The van der Waals surface area contributed by atoms with E-state index in [-0.39, 0.29) is 32.1 Å². The van der Waals surface area contributed by atoms with Gasteiger partial charge in [0.15, 0.2) is 12.2 Å². The molecule has 1 aliphatic heterocycles. The number of alkyl halides is 5. The Morgan fingerprint density at radius 1 is 0.468 bits per heavy atom. The summed E-state index contributed by atoms with van der Waals surface area (Å²) in [6.45, 7) is 17.1. The standard InChI is InChI=1S/C31H47Br5O11/c1-27(2,32)11-18(37)42-16-17-23(44-19(38)12-28(3,4)33)24(45-20(39)13-29(5,6)34)25(46-21(40)14-30(7,8)35)26(43-17)47-22(41)15-31(9,10)36/h17,23-26H,11-16H2,1-10H3/t17-,23-,24+,25-,26-/m1/s1. The molecule has 1 heterocycles. The van der Waals surface area contributed by atoms with Crippen molar-refractivity contribution in [1.29, 1.82) is 0 Å². The van der Waals surface area contributed by atoms with E-state index in [9.17, 15) is 24.0 Å². The summed E-state index contributed by atoms with van der Waals surface area (Å²) in [5.41, 5.74) is 0. The summed E-state index contributed by atoms with van der Waals surface area (Å²) in [6, 6.07) is 0. The highest BCUT2D eigenvalue weighted by atomic mass is 79.9. The van der Waals surface area contributed by atoms with Gasteiger partial charge in [0.1, 0.15) is 12.7 Å². The first-order chi connectivity index (χ1) is 20.9. The van der Waals surface area contributed by atoms with Gasteiger partial charge >= 0.3 is 29.8 Å². The number of esters is 5. The van der Waals surface area contributed by atoms with Crippen molar-refractivity contribution in [2.45, 2.75) is 154 Å². The number of ether oxygens (including phenoxy) is 6. The molecular weight excluding hydrogens is 948 g/mol. The monoisotopic (exact) mass is 990 g/mol. The minimum atomic E-state index is -1.63. The molecule has 0 bridgehead atoms. The van der Waals surface area contributed by atoms with E-state index in [0.29, 0.717) is 0 Å². The molecule has 11 nitrogen and oxygen atoms in total. The van der Waals surface area contributed by atoms with Gasteiger partial charge in [-0.3, -0.25) is 24.0 Å². The van der Waals surface area contributed by atoms with E-state index in [0.717, 1.165) is 0 Å². The van der Waals surface area contributed by atoms with E-state index in [2.05, 4.69) is 79.6 Å². The lowest BCUT2D eigenvalue weighted by molar-refractivity contribution is -0.301. The molecule has 5 atom stereocenters. The third-order valence-corrected chi connectivity index (χ3v) is 7.28. The van der Waals surface area contributed by atoms with Crippen LogP contribution < -0.4 is 0 Å². The van der Waals surface area contributed by atoms with Gasteiger partial charge in [0, 0.05) is 21.6 Å². The first-order valence-corrected chi connectivity index (χ1v) is 18.9. The molecule has 0 N–H and O–H groups in total. The average molecular weight is 995 g/mol. The topological polar surface area (TPSA) is 141 Å². The Kier molecular flexibility index (Phi) is 16.9. The molecule has 0 saturated carbocycles. The average Bonchev–Trinajstić information content (AvgIpc) is 2.75. The third kappa shape index (κ3) is 20.2. The maximum atomic E-state index is 13.3. The van der Waals surface area contributed by atoms with Crippen molar-refractivity contribution >= 4 is 109 Å². The molecule has 1 rings (SSSR count). The van der Waals surface area contributed by atoms with Crippen molar-refractivity contribution in [2.24, 2.45) is 0 Å². The molecule has 0 aromatic heterocycles. The van der Waals surface area contributed by atoms with E-state index < -0.39 is 88.8 Å². The summed E-state index contributed by atoms with van der Waals surface area (Å²) in [7, 11) is 0. The Morgan fingerprint density at radius 3 is 1.13 bits per heavy atom. The lowest BCUT2D eigenvalue weighted by atomic mass is 9.97. The highest BCUT2D eigenvalue weighted by Crippen LogP contribution is 2.34. The zero-order valence-corrected chi connectivity index (χ0v) is 36.4. The maximum absolute atomic E-state index is 13.3. The molecule has 0 aromatic rings. The highest BCUT2D eigenvalue weighted by molar-refractivity contribution is 9.10. The minimum absolute atomic E-state index is 0.0119. The second kappa shape index (κ2) is 17.8. The Hall–Kier alpha value is -0.290. The van der Waals surface area contributed by atoms with E-state index in [4.69, 9.17) is 28.4 Å². The number of carbonyl (C=O) groups is 5. The molecule has 47 heavy (non-hydrogen) atoms. The molecule has 0 unspecified atom stereocenters. The van der Waals surface area contributed by atoms with Gasteiger partial charge in [-0.05, 0) is 69.2 Å². The van der Waals surface area contributed by atoms with Crippen LogP contribution in [0.25, 0.3) is 0 Å². The zero-order chi connectivity index (χ0) is 36.8. The number of hydrogen-bond acceptors (Lipinski definition) is 11. The van der Waals surface area contributed by atoms with Crippen molar-refractivity contribution in [1.82, 2.24) is 0 Å². The van der Waals surface area contributed by atoms with Crippen LogP contribution in [0.15, 0.2) is 0 Å². The summed E-state index contributed by atoms with van der Waals surface area (Å²) in [5, 5.41) is 0. The van der Waals surface area contributed by atoms with Gasteiger partial charge in [-0.2, -0.15) is 0 Å². The van der Waals surface area contributed by atoms with Gasteiger partial charge in [0.2, 0.25) is 12.4 Å². The molecular formula is C31H47Br5O11. The van der Waals surface area contributed by atoms with Crippen LogP contribution in [0.3, 0.4) is 0 Å². The molecule has 0 amide bonds. The fourth-order valence-electron chi connectivity index (χ4n) is 4.20. The van der Waals surface area contributed by atoms with Crippen LogP contribution in [-0.4, -0.2) is 88.8 Å². The fourth-order valence-corrected chi connectivity index (χ4v) is 5.35. The zero-order valence-electron chi connectivity index (χ0n) is 28.5. The Balaban J connectivity index is 3.75. The van der Waals surface area contributed by atoms with Crippen molar-refractivity contribution in [3.63, 3.8) is 0 Å². The number of hydrogen-bond donors (Lipinski definition) is 0. The lowest BCUT2D eigenvalue weighted by Crippen LogP contribution is -2.63. The number of carbonyl (C=O) groups excluding carboxylic acids is 5. The normalized spacial score (nSPS) is 22.6. The molecule has 1 saturated heterocycles. The van der Waals surface area contributed by atoms with Crippen LogP contribution in [0.1, 0.15) is 101 Å². The second-order valence-corrected chi connectivity index (χ2v) is 25.3. The first-order valence-electron chi connectivity index (χ1n) is 15.0. The molecule has 0 aromatic carbocycles. The van der Waals surface area contributed by atoms with Crippen LogP contribution in [0.2, 0.25) is 0 Å². The quantitative estimate of drug-likeness (QED) is 0.0872. The smallest absolute Gasteiger partial charge is 0.309 e. The highest BCUT2D eigenvalue weighted by Gasteiger charge is 2.55. The SMILES string of the molecule is CC(C)(Br)CC(=O)OC[C@H]1O[C@H](OC(=O)CC(C)(C)Br)[C@H](OC(=O)CC(C)(C)Br)[C@@H](OC(=O)CC(C)(C)Br)[C@@H]1OC(=O)CC(C)(C)Br. The summed E-state index contributed by atoms with van der Waals surface area (Å²) in [4.78, 5) is 65.5. The maximum Gasteiger partial charge on any atom is 0.309 e. The first kappa shape index (κ1) is 44.7. The van der Waals surface area contributed by atoms with E-state index >= 15 is 0 Å². The van der Waals surface area contributed by atoms with Crippen LogP contribution in [0.4, 0.5) is 0 Å².